The number of halogens is 1. The fourth-order valence-corrected chi connectivity index (χ4v) is 3.38. The number of carboxylic acid groups (broad SMARTS) is 1. The van der Waals surface area contributed by atoms with Crippen molar-refractivity contribution < 1.29 is 33.7 Å². The molecule has 1 N–H and O–H groups in total. The Balaban J connectivity index is 2.04. The Morgan fingerprint density at radius 3 is 2.57 bits per heavy atom. The highest BCUT2D eigenvalue weighted by Gasteiger charge is 2.25. The van der Waals surface area contributed by atoms with Gasteiger partial charge in [-0.05, 0) is 40.8 Å². The van der Waals surface area contributed by atoms with E-state index in [1.807, 2.05) is 19.9 Å². The molecule has 0 amide bonds. The van der Waals surface area contributed by atoms with Gasteiger partial charge in [-0.2, -0.15) is 0 Å². The van der Waals surface area contributed by atoms with Gasteiger partial charge < -0.3 is 24.5 Å². The van der Waals surface area contributed by atoms with E-state index in [4.69, 9.17) is 9.47 Å². The lowest BCUT2D eigenvalue weighted by Crippen LogP contribution is -2.26. The average Bonchev–Trinajstić information content (AvgIpc) is 3.13. The van der Waals surface area contributed by atoms with Crippen LogP contribution in [0.1, 0.15) is 43.7 Å². The number of hydrogen-bond acceptors (Lipinski definition) is 6. The molecule has 0 fully saturated rings. The van der Waals surface area contributed by atoms with Gasteiger partial charge in [0.1, 0.15) is 11.6 Å². The lowest BCUT2D eigenvalue weighted by atomic mass is 9.88. The van der Waals surface area contributed by atoms with Crippen molar-refractivity contribution in [1.29, 1.82) is 0 Å². The molecular formula is C23H22FO6-. The van der Waals surface area contributed by atoms with E-state index >= 15 is 0 Å². The quantitative estimate of drug-likeness (QED) is 0.669. The molecule has 0 saturated carbocycles. The van der Waals surface area contributed by atoms with Crippen LogP contribution in [0.25, 0.3) is 17.2 Å². The van der Waals surface area contributed by atoms with E-state index in [1.54, 1.807) is 18.2 Å². The van der Waals surface area contributed by atoms with Crippen molar-refractivity contribution in [3.63, 3.8) is 0 Å². The second kappa shape index (κ2) is 9.09. The number of aliphatic hydroxyl groups excluding tert-OH is 1. The SMILES string of the molecule is CC(C)c1cc2c(c(-c3ccc(F)cc3)c1/C=C/C(O)CC(=O)CC(=O)[O-])OCO2. The highest BCUT2D eigenvalue weighted by Crippen LogP contribution is 2.47. The van der Waals surface area contributed by atoms with Crippen LogP contribution >= 0.6 is 0 Å². The van der Waals surface area contributed by atoms with Crippen molar-refractivity contribution in [3.05, 3.63) is 53.4 Å². The zero-order chi connectivity index (χ0) is 21.8. The van der Waals surface area contributed by atoms with Gasteiger partial charge in [0.2, 0.25) is 6.79 Å². The van der Waals surface area contributed by atoms with Crippen LogP contribution in [0, 0.1) is 5.82 Å². The van der Waals surface area contributed by atoms with Crippen LogP contribution in [0.2, 0.25) is 0 Å². The molecule has 1 aliphatic rings. The van der Waals surface area contributed by atoms with Crippen molar-refractivity contribution in [1.82, 2.24) is 0 Å². The summed E-state index contributed by atoms with van der Waals surface area (Å²) in [6, 6.07) is 7.83. The first-order chi connectivity index (χ1) is 14.3. The van der Waals surface area contributed by atoms with Gasteiger partial charge in [-0.1, -0.05) is 38.1 Å². The number of carbonyl (C=O) groups is 2. The maximum atomic E-state index is 13.5. The van der Waals surface area contributed by atoms with Gasteiger partial charge >= 0.3 is 0 Å². The predicted octanol–water partition coefficient (Wildman–Crippen LogP) is 2.82. The molecule has 2 aromatic carbocycles. The molecule has 7 heteroatoms. The first kappa shape index (κ1) is 21.5. The number of hydrogen-bond donors (Lipinski definition) is 1. The monoisotopic (exact) mass is 413 g/mol. The van der Waals surface area contributed by atoms with Crippen molar-refractivity contribution in [2.45, 2.75) is 38.7 Å². The fourth-order valence-electron chi connectivity index (χ4n) is 3.38. The fraction of sp³-hybridized carbons (Fsp3) is 0.304. The minimum Gasteiger partial charge on any atom is -0.550 e. The third-order valence-corrected chi connectivity index (χ3v) is 4.75. The van der Waals surface area contributed by atoms with Gasteiger partial charge in [-0.15, -0.1) is 0 Å². The smallest absolute Gasteiger partial charge is 0.231 e. The number of carboxylic acids is 1. The van der Waals surface area contributed by atoms with E-state index in [9.17, 15) is 24.2 Å². The Hall–Kier alpha value is -3.19. The topological polar surface area (TPSA) is 95.9 Å². The summed E-state index contributed by atoms with van der Waals surface area (Å²) in [6.45, 7) is 4.07. The second-order valence-electron chi connectivity index (χ2n) is 7.37. The minimum absolute atomic E-state index is 0.0641. The van der Waals surface area contributed by atoms with E-state index in [2.05, 4.69) is 0 Å². The third kappa shape index (κ3) is 4.86. The summed E-state index contributed by atoms with van der Waals surface area (Å²) in [4.78, 5) is 22.2. The highest BCUT2D eigenvalue weighted by molar-refractivity contribution is 5.94. The number of rotatable bonds is 8. The van der Waals surface area contributed by atoms with Crippen molar-refractivity contribution in [2.75, 3.05) is 6.79 Å². The second-order valence-corrected chi connectivity index (χ2v) is 7.37. The summed E-state index contributed by atoms with van der Waals surface area (Å²) in [5, 5.41) is 20.7. The molecule has 1 unspecified atom stereocenters. The van der Waals surface area contributed by atoms with Gasteiger partial charge in [-0.25, -0.2) is 4.39 Å². The summed E-state index contributed by atoms with van der Waals surface area (Å²) < 4.78 is 24.7. The molecule has 0 spiro atoms. The Kier molecular flexibility index (Phi) is 6.52. The minimum atomic E-state index is -1.48. The standard InChI is InChI=1S/C23H23FO6/c1-13(2)19-11-20-23(30-12-29-20)22(14-3-5-15(24)6-4-14)18(19)8-7-16(25)9-17(26)10-21(27)28/h3-8,11,13,16,25H,9-10,12H2,1-2H3,(H,27,28)/p-1/b8-7+. The Bertz CT molecular complexity index is 978. The van der Waals surface area contributed by atoms with Crippen LogP contribution < -0.4 is 14.6 Å². The number of benzene rings is 2. The number of ether oxygens (including phenoxy) is 2. The molecule has 30 heavy (non-hydrogen) atoms. The van der Waals surface area contributed by atoms with E-state index in [1.165, 1.54) is 18.2 Å². The van der Waals surface area contributed by atoms with Gasteiger partial charge in [0.05, 0.1) is 6.10 Å². The maximum Gasteiger partial charge on any atom is 0.231 e. The van der Waals surface area contributed by atoms with Crippen molar-refractivity contribution >= 4 is 17.8 Å². The molecule has 1 heterocycles. The average molecular weight is 413 g/mol. The first-order valence-corrected chi connectivity index (χ1v) is 9.56. The lowest BCUT2D eigenvalue weighted by molar-refractivity contribution is -0.304. The summed E-state index contributed by atoms with van der Waals surface area (Å²) >= 11 is 0. The Morgan fingerprint density at radius 1 is 1.23 bits per heavy atom. The number of aliphatic carboxylic acids is 1. The molecule has 1 aliphatic heterocycles. The van der Waals surface area contributed by atoms with E-state index in [-0.39, 0.29) is 24.9 Å². The summed E-state index contributed by atoms with van der Waals surface area (Å²) in [7, 11) is 0. The predicted molar refractivity (Wildman–Crippen MR) is 106 cm³/mol. The lowest BCUT2D eigenvalue weighted by Gasteiger charge is -2.18. The van der Waals surface area contributed by atoms with E-state index in [0.717, 1.165) is 11.1 Å². The van der Waals surface area contributed by atoms with Crippen LogP contribution in [-0.2, 0) is 9.59 Å². The first-order valence-electron chi connectivity index (χ1n) is 9.56. The number of carbonyl (C=O) groups excluding carboxylic acids is 2. The molecule has 0 aliphatic carbocycles. The van der Waals surface area contributed by atoms with Gasteiger partial charge in [0, 0.05) is 24.4 Å². The molecule has 1 atom stereocenters. The molecular weight excluding hydrogens is 391 g/mol. The van der Waals surface area contributed by atoms with Crippen LogP contribution in [0.3, 0.4) is 0 Å². The zero-order valence-electron chi connectivity index (χ0n) is 16.7. The van der Waals surface area contributed by atoms with Crippen LogP contribution in [0.5, 0.6) is 11.5 Å². The van der Waals surface area contributed by atoms with Crippen molar-refractivity contribution in [3.8, 4) is 22.6 Å². The molecule has 0 radical (unpaired) electrons. The summed E-state index contributed by atoms with van der Waals surface area (Å²) in [5.41, 5.74) is 3.07. The Morgan fingerprint density at radius 2 is 1.93 bits per heavy atom. The van der Waals surface area contributed by atoms with Crippen molar-refractivity contribution in [2.24, 2.45) is 0 Å². The number of aliphatic hydroxyl groups is 1. The largest absolute Gasteiger partial charge is 0.550 e. The van der Waals surface area contributed by atoms with E-state index < -0.39 is 24.3 Å². The van der Waals surface area contributed by atoms with Gasteiger partial charge in [0.25, 0.3) is 0 Å². The maximum absolute atomic E-state index is 13.5. The van der Waals surface area contributed by atoms with Crippen LogP contribution in [0.4, 0.5) is 4.39 Å². The molecule has 6 nitrogen and oxygen atoms in total. The molecule has 3 rings (SSSR count). The highest BCUT2D eigenvalue weighted by atomic mass is 19.1. The molecule has 158 valence electrons. The van der Waals surface area contributed by atoms with Crippen LogP contribution in [-0.4, -0.2) is 29.8 Å². The van der Waals surface area contributed by atoms with E-state index in [0.29, 0.717) is 22.6 Å². The van der Waals surface area contributed by atoms with Crippen LogP contribution in [0.15, 0.2) is 36.4 Å². The zero-order valence-corrected chi connectivity index (χ0v) is 16.7. The number of fused-ring (bicyclic) bond motifs is 1. The summed E-state index contributed by atoms with van der Waals surface area (Å²) in [5.74, 6) is -1.27. The number of ketones is 1. The Labute approximate surface area is 173 Å². The molecule has 0 saturated heterocycles. The molecule has 0 bridgehead atoms. The van der Waals surface area contributed by atoms with Gasteiger partial charge in [0.15, 0.2) is 11.5 Å². The number of Topliss-reactive ketones (excluding diaryl/α,β-unsaturated/α-hetero) is 1. The van der Waals surface area contributed by atoms with Gasteiger partial charge in [-0.3, -0.25) is 4.79 Å². The molecule has 2 aromatic rings. The third-order valence-electron chi connectivity index (χ3n) is 4.75. The normalized spacial score (nSPS) is 13.8. The summed E-state index contributed by atoms with van der Waals surface area (Å²) in [6.07, 6.45) is 0.866. The molecule has 0 aromatic heterocycles.